The Morgan fingerprint density at radius 1 is 1.04 bits per heavy atom. The summed E-state index contributed by atoms with van der Waals surface area (Å²) < 4.78 is 0. The van der Waals surface area contributed by atoms with Crippen molar-refractivity contribution in [3.8, 4) is 0 Å². The zero-order valence-electron chi connectivity index (χ0n) is 15.8. The second-order valence-corrected chi connectivity index (χ2v) is 10.2. The minimum absolute atomic E-state index is 0.0686. The fourth-order valence-corrected chi connectivity index (χ4v) is 8.38. The Morgan fingerprint density at radius 3 is 2.60 bits per heavy atom. The summed E-state index contributed by atoms with van der Waals surface area (Å²) >= 11 is 0. The average Bonchev–Trinajstić information content (AvgIpc) is 3.10. The predicted octanol–water partition coefficient (Wildman–Crippen LogP) is 4.83. The van der Waals surface area contributed by atoms with Crippen molar-refractivity contribution in [2.45, 2.75) is 77.7 Å². The van der Waals surface area contributed by atoms with Crippen molar-refractivity contribution in [2.24, 2.45) is 34.0 Å². The number of ketones is 1. The summed E-state index contributed by atoms with van der Waals surface area (Å²) in [5.41, 5.74) is 2.02. The highest BCUT2D eigenvalue weighted by atomic mass is 16.3. The number of aliphatic hydroxyl groups is 1. The molecule has 0 heterocycles. The molecule has 0 aromatic heterocycles. The van der Waals surface area contributed by atoms with Crippen molar-refractivity contribution in [1.29, 1.82) is 0 Å². The normalized spacial score (nSPS) is 54.2. The summed E-state index contributed by atoms with van der Waals surface area (Å²) in [6, 6.07) is 0. The molecule has 25 heavy (non-hydrogen) atoms. The molecule has 0 radical (unpaired) electrons. The van der Waals surface area contributed by atoms with E-state index in [9.17, 15) is 9.90 Å². The largest absolute Gasteiger partial charge is 0.393 e. The lowest BCUT2D eigenvalue weighted by molar-refractivity contribution is -0.112. The highest BCUT2D eigenvalue weighted by Gasteiger charge is 2.66. The van der Waals surface area contributed by atoms with E-state index in [4.69, 9.17) is 0 Å². The molecule has 4 fully saturated rings. The fraction of sp³-hybridized carbons (Fsp3) is 0.783. The molecule has 5 rings (SSSR count). The van der Waals surface area contributed by atoms with E-state index in [-0.39, 0.29) is 22.7 Å². The van der Waals surface area contributed by atoms with Crippen LogP contribution in [0.1, 0.15) is 71.6 Å². The zero-order valence-corrected chi connectivity index (χ0v) is 15.8. The van der Waals surface area contributed by atoms with Gasteiger partial charge in [0, 0.05) is 10.8 Å². The molecule has 1 N–H and O–H groups in total. The van der Waals surface area contributed by atoms with Crippen LogP contribution in [0.2, 0.25) is 0 Å². The summed E-state index contributed by atoms with van der Waals surface area (Å²) in [5, 5.41) is 10.9. The molecule has 0 aliphatic heterocycles. The van der Waals surface area contributed by atoms with Gasteiger partial charge in [-0.3, -0.25) is 4.79 Å². The Hall–Kier alpha value is -0.890. The van der Waals surface area contributed by atoms with Gasteiger partial charge in [0.25, 0.3) is 0 Å². The Labute approximate surface area is 151 Å². The van der Waals surface area contributed by atoms with E-state index in [1.807, 2.05) is 12.2 Å². The SMILES string of the molecule is CC12C=CC(=O)C=C1CCC1C2CCC2(C)C1CCC21CCCC1O. The first-order valence-electron chi connectivity index (χ1n) is 10.5. The molecule has 0 aromatic rings. The number of rotatable bonds is 0. The quantitative estimate of drug-likeness (QED) is 0.686. The average molecular weight is 341 g/mol. The van der Waals surface area contributed by atoms with Gasteiger partial charge in [-0.1, -0.05) is 31.9 Å². The second-order valence-electron chi connectivity index (χ2n) is 10.2. The topological polar surface area (TPSA) is 37.3 Å². The first-order chi connectivity index (χ1) is 11.9. The van der Waals surface area contributed by atoms with E-state index in [0.29, 0.717) is 11.3 Å². The summed E-state index contributed by atoms with van der Waals surface area (Å²) in [4.78, 5) is 11.9. The molecule has 0 saturated heterocycles. The van der Waals surface area contributed by atoms with E-state index in [1.165, 1.54) is 50.5 Å². The third-order valence-corrected chi connectivity index (χ3v) is 9.72. The summed E-state index contributed by atoms with van der Waals surface area (Å²) in [6.07, 6.45) is 16.8. The third kappa shape index (κ3) is 1.88. The number of aliphatic hydroxyl groups excluding tert-OH is 1. The molecular formula is C23H32O2. The van der Waals surface area contributed by atoms with Crippen LogP contribution >= 0.6 is 0 Å². The number of carbonyl (C=O) groups excluding carboxylic acids is 1. The van der Waals surface area contributed by atoms with Gasteiger partial charge in [0.05, 0.1) is 6.10 Å². The molecular weight excluding hydrogens is 308 g/mol. The predicted molar refractivity (Wildman–Crippen MR) is 98.9 cm³/mol. The minimum atomic E-state index is -0.0686. The Bertz CT molecular complexity index is 676. The van der Waals surface area contributed by atoms with Crippen molar-refractivity contribution >= 4 is 5.78 Å². The van der Waals surface area contributed by atoms with E-state index in [2.05, 4.69) is 19.9 Å². The van der Waals surface area contributed by atoms with Crippen LogP contribution in [0.3, 0.4) is 0 Å². The summed E-state index contributed by atoms with van der Waals surface area (Å²) in [7, 11) is 0. The van der Waals surface area contributed by atoms with Crippen molar-refractivity contribution in [1.82, 2.24) is 0 Å². The first-order valence-corrected chi connectivity index (χ1v) is 10.5. The maximum absolute atomic E-state index is 11.9. The van der Waals surface area contributed by atoms with Crippen molar-refractivity contribution in [2.75, 3.05) is 0 Å². The zero-order chi connectivity index (χ0) is 17.4. The van der Waals surface area contributed by atoms with E-state index < -0.39 is 0 Å². The maximum Gasteiger partial charge on any atom is 0.178 e. The first kappa shape index (κ1) is 16.3. The van der Waals surface area contributed by atoms with Crippen LogP contribution in [0.15, 0.2) is 23.8 Å². The Balaban J connectivity index is 1.51. The van der Waals surface area contributed by atoms with Gasteiger partial charge in [0.2, 0.25) is 0 Å². The molecule has 5 aliphatic carbocycles. The van der Waals surface area contributed by atoms with Gasteiger partial charge in [-0.15, -0.1) is 0 Å². The lowest BCUT2D eigenvalue weighted by Crippen LogP contribution is -2.53. The summed E-state index contributed by atoms with van der Waals surface area (Å²) in [5.74, 6) is 2.40. The molecule has 0 amide bonds. The minimum Gasteiger partial charge on any atom is -0.393 e. The number of hydrogen-bond acceptors (Lipinski definition) is 2. The molecule has 0 bridgehead atoms. The van der Waals surface area contributed by atoms with Gasteiger partial charge < -0.3 is 5.11 Å². The van der Waals surface area contributed by atoms with Gasteiger partial charge >= 0.3 is 0 Å². The van der Waals surface area contributed by atoms with Crippen LogP contribution in [0.5, 0.6) is 0 Å². The van der Waals surface area contributed by atoms with Crippen molar-refractivity contribution in [3.05, 3.63) is 23.8 Å². The van der Waals surface area contributed by atoms with Crippen LogP contribution in [-0.4, -0.2) is 17.0 Å². The number of carbonyl (C=O) groups is 1. The number of hydrogen-bond donors (Lipinski definition) is 1. The van der Waals surface area contributed by atoms with Gasteiger partial charge in [-0.2, -0.15) is 0 Å². The highest BCUT2D eigenvalue weighted by molar-refractivity contribution is 6.01. The van der Waals surface area contributed by atoms with Crippen LogP contribution < -0.4 is 0 Å². The van der Waals surface area contributed by atoms with Crippen LogP contribution in [0.4, 0.5) is 0 Å². The van der Waals surface area contributed by atoms with Crippen LogP contribution in [0, 0.1) is 34.0 Å². The molecule has 7 atom stereocenters. The smallest absolute Gasteiger partial charge is 0.178 e. The van der Waals surface area contributed by atoms with Crippen molar-refractivity contribution in [3.63, 3.8) is 0 Å². The fourth-order valence-electron chi connectivity index (χ4n) is 8.38. The second kappa shape index (κ2) is 5.09. The van der Waals surface area contributed by atoms with Crippen LogP contribution in [-0.2, 0) is 4.79 Å². The lowest BCUT2D eigenvalue weighted by Gasteiger charge is -2.59. The van der Waals surface area contributed by atoms with Gasteiger partial charge in [0.15, 0.2) is 5.78 Å². The molecule has 2 heteroatoms. The maximum atomic E-state index is 11.9. The van der Waals surface area contributed by atoms with E-state index >= 15 is 0 Å². The number of allylic oxidation sites excluding steroid dienone is 4. The standard InChI is InChI=1S/C23H32O2/c1-21-11-7-16(24)14-15(21)5-6-17-18(21)8-12-22(2)19(17)9-13-23(22)10-3-4-20(23)25/h7,11,14,17-20,25H,3-6,8-10,12-13H2,1-2H3. The third-order valence-electron chi connectivity index (χ3n) is 9.72. The molecule has 7 unspecified atom stereocenters. The van der Waals surface area contributed by atoms with E-state index in [0.717, 1.165) is 24.7 Å². The molecule has 4 saturated carbocycles. The van der Waals surface area contributed by atoms with Gasteiger partial charge in [-0.25, -0.2) is 0 Å². The van der Waals surface area contributed by atoms with Gasteiger partial charge in [0.1, 0.15) is 0 Å². The highest BCUT2D eigenvalue weighted by Crippen LogP contribution is 2.72. The Morgan fingerprint density at radius 2 is 1.84 bits per heavy atom. The summed E-state index contributed by atoms with van der Waals surface area (Å²) in [6.45, 7) is 4.92. The van der Waals surface area contributed by atoms with E-state index in [1.54, 1.807) is 0 Å². The molecule has 0 aromatic carbocycles. The Kier molecular flexibility index (Phi) is 3.32. The van der Waals surface area contributed by atoms with Gasteiger partial charge in [-0.05, 0) is 86.7 Å². The lowest BCUT2D eigenvalue weighted by atomic mass is 9.45. The molecule has 1 spiro atoms. The van der Waals surface area contributed by atoms with Crippen LogP contribution in [0.25, 0.3) is 0 Å². The molecule has 2 nitrogen and oxygen atoms in total. The number of fused-ring (bicyclic) bond motifs is 6. The van der Waals surface area contributed by atoms with Crippen molar-refractivity contribution < 1.29 is 9.90 Å². The monoisotopic (exact) mass is 340 g/mol. The molecule has 136 valence electrons. The molecule has 5 aliphatic rings.